The number of anilines is 2. The molecule has 0 unspecified atom stereocenters. The Bertz CT molecular complexity index is 774. The number of nitrogen functional groups attached to an aromatic ring is 1. The first-order chi connectivity index (χ1) is 10.6. The van der Waals surface area contributed by atoms with Crippen molar-refractivity contribution in [3.8, 4) is 11.1 Å². The minimum absolute atomic E-state index is 0.121. The minimum Gasteiger partial charge on any atom is -0.442 e. The van der Waals surface area contributed by atoms with Gasteiger partial charge in [0.15, 0.2) is 0 Å². The lowest BCUT2D eigenvalue weighted by Gasteiger charge is -2.20. The van der Waals surface area contributed by atoms with Crippen LogP contribution in [0.2, 0.25) is 0 Å². The number of benzene rings is 2. The Morgan fingerprint density at radius 3 is 2.68 bits per heavy atom. The van der Waals surface area contributed by atoms with Crippen LogP contribution in [0.3, 0.4) is 0 Å². The van der Waals surface area contributed by atoms with Crippen molar-refractivity contribution < 1.29 is 13.9 Å². The zero-order valence-electron chi connectivity index (χ0n) is 11.9. The zero-order chi connectivity index (χ0) is 15.7. The van der Waals surface area contributed by atoms with Crippen LogP contribution in [0.1, 0.15) is 5.56 Å². The summed E-state index contributed by atoms with van der Waals surface area (Å²) in [5.41, 5.74) is 8.74. The molecule has 2 N–H and O–H groups in total. The van der Waals surface area contributed by atoms with E-state index in [0.29, 0.717) is 22.5 Å². The van der Waals surface area contributed by atoms with Gasteiger partial charge in [0.25, 0.3) is 0 Å². The summed E-state index contributed by atoms with van der Waals surface area (Å²) in [7, 11) is 0. The Kier molecular flexibility index (Phi) is 3.50. The molecular weight excluding hydrogens is 285 g/mol. The first kappa shape index (κ1) is 14.1. The van der Waals surface area contributed by atoms with E-state index in [1.54, 1.807) is 24.3 Å². The van der Waals surface area contributed by atoms with Crippen molar-refractivity contribution in [1.29, 1.82) is 0 Å². The number of hydrogen-bond acceptors (Lipinski definition) is 4. The smallest absolute Gasteiger partial charge is 0.435 e. The number of hydrazone groups is 1. The number of amides is 1. The molecule has 0 spiro atoms. The number of aryl methyl sites for hydroxylation is 1. The Hall–Kier alpha value is -2.89. The van der Waals surface area contributed by atoms with Gasteiger partial charge < -0.3 is 10.5 Å². The summed E-state index contributed by atoms with van der Waals surface area (Å²) in [4.78, 5) is 11.6. The summed E-state index contributed by atoms with van der Waals surface area (Å²) in [5.74, 6) is -0.485. The molecule has 1 aliphatic rings. The number of cyclic esters (lactones) is 1. The van der Waals surface area contributed by atoms with E-state index in [4.69, 9.17) is 10.5 Å². The van der Waals surface area contributed by atoms with Crippen molar-refractivity contribution in [2.75, 3.05) is 17.3 Å². The lowest BCUT2D eigenvalue weighted by molar-refractivity contribution is 0.167. The third-order valence-corrected chi connectivity index (χ3v) is 3.35. The number of carbonyl (C=O) groups is 1. The number of carbonyl (C=O) groups excluding carboxylic acids is 1. The molecule has 112 valence electrons. The molecule has 6 heteroatoms. The van der Waals surface area contributed by atoms with E-state index in [1.807, 2.05) is 13.0 Å². The van der Waals surface area contributed by atoms with Crippen LogP contribution in [-0.2, 0) is 4.74 Å². The van der Waals surface area contributed by atoms with Crippen LogP contribution in [0.4, 0.5) is 20.6 Å². The van der Waals surface area contributed by atoms with Gasteiger partial charge in [0.05, 0.1) is 11.9 Å². The fourth-order valence-electron chi connectivity index (χ4n) is 2.29. The Labute approximate surface area is 126 Å². The minimum atomic E-state index is -0.635. The number of rotatable bonds is 2. The molecule has 5 nitrogen and oxygen atoms in total. The van der Waals surface area contributed by atoms with Crippen LogP contribution in [0.5, 0.6) is 0 Å². The molecule has 2 aromatic rings. The highest BCUT2D eigenvalue weighted by atomic mass is 19.1. The fraction of sp³-hybridized carbons (Fsp3) is 0.125. The highest BCUT2D eigenvalue weighted by Crippen LogP contribution is 2.31. The van der Waals surface area contributed by atoms with E-state index in [9.17, 15) is 9.18 Å². The van der Waals surface area contributed by atoms with Gasteiger partial charge in [0.1, 0.15) is 12.4 Å². The predicted molar refractivity (Wildman–Crippen MR) is 83.3 cm³/mol. The van der Waals surface area contributed by atoms with Gasteiger partial charge in [-0.15, -0.1) is 0 Å². The third kappa shape index (κ3) is 2.50. The topological polar surface area (TPSA) is 67.9 Å². The second kappa shape index (κ2) is 5.48. The van der Waals surface area contributed by atoms with Crippen LogP contribution in [-0.4, -0.2) is 18.9 Å². The van der Waals surface area contributed by atoms with Gasteiger partial charge in [-0.3, -0.25) is 0 Å². The molecule has 0 radical (unpaired) electrons. The van der Waals surface area contributed by atoms with Crippen LogP contribution >= 0.6 is 0 Å². The summed E-state index contributed by atoms with van der Waals surface area (Å²) in [6.07, 6.45) is 0.801. The van der Waals surface area contributed by atoms with Gasteiger partial charge in [0, 0.05) is 22.9 Å². The van der Waals surface area contributed by atoms with Gasteiger partial charge in [-0.25, -0.2) is 9.18 Å². The van der Waals surface area contributed by atoms with Crippen molar-refractivity contribution in [2.24, 2.45) is 5.10 Å². The average Bonchev–Trinajstić information content (AvgIpc) is 2.48. The molecule has 1 heterocycles. The van der Waals surface area contributed by atoms with Crippen LogP contribution < -0.4 is 10.7 Å². The SMILES string of the molecule is Cc1ccc(-c2ccc(N3N=CCOC3=O)cc2F)c(N)c1. The largest absolute Gasteiger partial charge is 0.442 e. The Morgan fingerprint density at radius 2 is 2.00 bits per heavy atom. The molecule has 0 aliphatic carbocycles. The van der Waals surface area contributed by atoms with E-state index in [-0.39, 0.29) is 6.61 Å². The third-order valence-electron chi connectivity index (χ3n) is 3.35. The van der Waals surface area contributed by atoms with Crippen LogP contribution in [0, 0.1) is 12.7 Å². The lowest BCUT2D eigenvalue weighted by Crippen LogP contribution is -2.31. The average molecular weight is 299 g/mol. The number of halogens is 1. The van der Waals surface area contributed by atoms with Crippen LogP contribution in [0.15, 0.2) is 41.5 Å². The molecule has 2 aromatic carbocycles. The van der Waals surface area contributed by atoms with Crippen molar-refractivity contribution in [3.63, 3.8) is 0 Å². The highest BCUT2D eigenvalue weighted by molar-refractivity contribution is 5.91. The van der Waals surface area contributed by atoms with Gasteiger partial charge >= 0.3 is 6.09 Å². The monoisotopic (exact) mass is 299 g/mol. The van der Waals surface area contributed by atoms with Gasteiger partial charge in [0.2, 0.25) is 0 Å². The second-order valence-corrected chi connectivity index (χ2v) is 4.94. The van der Waals surface area contributed by atoms with E-state index >= 15 is 0 Å². The second-order valence-electron chi connectivity index (χ2n) is 4.94. The lowest BCUT2D eigenvalue weighted by atomic mass is 10.0. The molecule has 0 fully saturated rings. The molecule has 0 atom stereocenters. The Morgan fingerprint density at radius 1 is 1.23 bits per heavy atom. The molecule has 0 bridgehead atoms. The number of nitrogens with zero attached hydrogens (tertiary/aromatic N) is 2. The quantitative estimate of drug-likeness (QED) is 0.865. The van der Waals surface area contributed by atoms with E-state index in [1.165, 1.54) is 12.3 Å². The summed E-state index contributed by atoms with van der Waals surface area (Å²) in [6.45, 7) is 2.04. The van der Waals surface area contributed by atoms with Crippen LogP contribution in [0.25, 0.3) is 11.1 Å². The van der Waals surface area contributed by atoms with Crippen molar-refractivity contribution in [3.05, 3.63) is 47.8 Å². The van der Waals surface area contributed by atoms with E-state index in [0.717, 1.165) is 10.6 Å². The first-order valence-corrected chi connectivity index (χ1v) is 6.71. The van der Waals surface area contributed by atoms with Crippen molar-refractivity contribution >= 4 is 23.7 Å². The fourth-order valence-corrected chi connectivity index (χ4v) is 2.29. The maximum atomic E-state index is 14.4. The summed E-state index contributed by atoms with van der Waals surface area (Å²) >= 11 is 0. The van der Waals surface area contributed by atoms with Crippen molar-refractivity contribution in [1.82, 2.24) is 0 Å². The predicted octanol–water partition coefficient (Wildman–Crippen LogP) is 3.33. The maximum absolute atomic E-state index is 14.4. The molecule has 22 heavy (non-hydrogen) atoms. The normalized spacial score (nSPS) is 14.1. The standard InChI is InChI=1S/C16H14FN3O2/c1-10-2-4-13(15(18)8-10)12-5-3-11(9-14(12)17)20-16(21)22-7-6-19-20/h2-6,8-9H,7,18H2,1H3. The molecule has 1 aliphatic heterocycles. The molecule has 0 aromatic heterocycles. The molecule has 0 saturated heterocycles. The molecular formula is C16H14FN3O2. The first-order valence-electron chi connectivity index (χ1n) is 6.71. The van der Waals surface area contributed by atoms with Gasteiger partial charge in [-0.05, 0) is 30.7 Å². The highest BCUT2D eigenvalue weighted by Gasteiger charge is 2.20. The summed E-state index contributed by atoms with van der Waals surface area (Å²) in [6, 6.07) is 9.83. The Balaban J connectivity index is 2.00. The molecule has 0 saturated carbocycles. The maximum Gasteiger partial charge on any atom is 0.435 e. The number of hydrogen-bond donors (Lipinski definition) is 1. The van der Waals surface area contributed by atoms with E-state index < -0.39 is 11.9 Å². The zero-order valence-corrected chi connectivity index (χ0v) is 11.9. The van der Waals surface area contributed by atoms with Gasteiger partial charge in [-0.2, -0.15) is 10.1 Å². The summed E-state index contributed by atoms with van der Waals surface area (Å²) in [5, 5.41) is 4.90. The molecule has 1 amide bonds. The number of ether oxygens (including phenoxy) is 1. The molecule has 3 rings (SSSR count). The number of nitrogens with two attached hydrogens (primary N) is 1. The van der Waals surface area contributed by atoms with Crippen molar-refractivity contribution in [2.45, 2.75) is 6.92 Å². The van der Waals surface area contributed by atoms with E-state index in [2.05, 4.69) is 5.10 Å². The summed E-state index contributed by atoms with van der Waals surface area (Å²) < 4.78 is 19.2. The van der Waals surface area contributed by atoms with Gasteiger partial charge in [-0.1, -0.05) is 12.1 Å².